The number of carboxylic acid groups (broad SMARTS) is 1. The summed E-state index contributed by atoms with van der Waals surface area (Å²) in [5, 5.41) is 10.1. The lowest BCUT2D eigenvalue weighted by Gasteiger charge is -2.31. The van der Waals surface area contributed by atoms with Crippen LogP contribution in [0, 0.1) is 0 Å². The number of hydrogen-bond donors (Lipinski definition) is 2. The summed E-state index contributed by atoms with van der Waals surface area (Å²) in [7, 11) is 0. The Bertz CT molecular complexity index is 608. The average Bonchev–Trinajstić information content (AvgIpc) is 2.46. The molecule has 0 aromatic heterocycles. The molecule has 2 rings (SSSR count). The third kappa shape index (κ3) is 3.63. The fraction of sp³-hybridized carbons (Fsp3) is 0.235. The monoisotopic (exact) mass is 303 g/mol. The molecule has 3 N–H and O–H groups in total. The predicted molar refractivity (Wildman–Crippen MR) is 84.6 cm³/mol. The molecular formula is C17H18ClNO2. The van der Waals surface area contributed by atoms with E-state index in [0.717, 1.165) is 11.1 Å². The van der Waals surface area contributed by atoms with E-state index in [1.165, 1.54) is 0 Å². The average molecular weight is 304 g/mol. The summed E-state index contributed by atoms with van der Waals surface area (Å²) in [6.45, 7) is 1.55. The van der Waals surface area contributed by atoms with Crippen LogP contribution in [0.3, 0.4) is 0 Å². The van der Waals surface area contributed by atoms with Gasteiger partial charge in [0.05, 0.1) is 0 Å². The number of hydrogen-bond acceptors (Lipinski definition) is 2. The van der Waals surface area contributed by atoms with Crippen LogP contribution in [0.25, 0.3) is 0 Å². The Balaban J connectivity index is 2.39. The molecule has 0 radical (unpaired) electrons. The smallest absolute Gasteiger partial charge is 0.324 e. The zero-order valence-electron chi connectivity index (χ0n) is 11.8. The van der Waals surface area contributed by atoms with E-state index in [2.05, 4.69) is 0 Å². The van der Waals surface area contributed by atoms with Gasteiger partial charge in [0.1, 0.15) is 5.54 Å². The lowest BCUT2D eigenvalue weighted by Crippen LogP contribution is -2.50. The molecule has 0 aliphatic rings. The fourth-order valence-corrected chi connectivity index (χ4v) is 2.50. The van der Waals surface area contributed by atoms with Crippen LogP contribution >= 0.6 is 11.6 Å². The van der Waals surface area contributed by atoms with Crippen molar-refractivity contribution in [3.05, 3.63) is 70.7 Å². The largest absolute Gasteiger partial charge is 0.480 e. The molecule has 0 amide bonds. The van der Waals surface area contributed by atoms with Crippen LogP contribution < -0.4 is 5.73 Å². The summed E-state index contributed by atoms with van der Waals surface area (Å²) in [6, 6.07) is 16.9. The molecule has 0 saturated carbocycles. The van der Waals surface area contributed by atoms with E-state index in [9.17, 15) is 9.90 Å². The van der Waals surface area contributed by atoms with E-state index in [1.54, 1.807) is 19.1 Å². The summed E-state index contributed by atoms with van der Waals surface area (Å²) >= 11 is 5.91. The summed E-state index contributed by atoms with van der Waals surface area (Å²) in [6.07, 6.45) is 0.557. The van der Waals surface area contributed by atoms with Crippen molar-refractivity contribution in [1.82, 2.24) is 0 Å². The minimum absolute atomic E-state index is 0.338. The molecular weight excluding hydrogens is 286 g/mol. The van der Waals surface area contributed by atoms with Crippen molar-refractivity contribution in [2.75, 3.05) is 0 Å². The van der Waals surface area contributed by atoms with Gasteiger partial charge in [0.25, 0.3) is 0 Å². The van der Waals surface area contributed by atoms with Crippen LogP contribution in [-0.4, -0.2) is 16.6 Å². The Labute approximate surface area is 129 Å². The van der Waals surface area contributed by atoms with Gasteiger partial charge in [0.15, 0.2) is 0 Å². The maximum Gasteiger partial charge on any atom is 0.324 e. The second-order valence-electron chi connectivity index (χ2n) is 5.38. The van der Waals surface area contributed by atoms with Crippen molar-refractivity contribution in [3.8, 4) is 0 Å². The van der Waals surface area contributed by atoms with E-state index in [-0.39, 0.29) is 5.92 Å². The second-order valence-corrected chi connectivity index (χ2v) is 5.82. The van der Waals surface area contributed by atoms with E-state index in [1.807, 2.05) is 42.5 Å². The van der Waals surface area contributed by atoms with Crippen LogP contribution in [0.1, 0.15) is 24.0 Å². The van der Waals surface area contributed by atoms with E-state index < -0.39 is 11.5 Å². The first kappa shape index (κ1) is 15.5. The number of rotatable bonds is 5. The van der Waals surface area contributed by atoms with Crippen molar-refractivity contribution in [2.45, 2.75) is 24.8 Å². The number of nitrogens with two attached hydrogens (primary N) is 1. The SMILES string of the molecule is CC(N)(C(=O)O)C(Cc1ccccc1)c1ccc(Cl)cc1. The van der Waals surface area contributed by atoms with Crippen LogP contribution in [0.5, 0.6) is 0 Å². The zero-order chi connectivity index (χ0) is 15.5. The number of benzene rings is 2. The van der Waals surface area contributed by atoms with Gasteiger partial charge in [-0.2, -0.15) is 0 Å². The molecule has 0 fully saturated rings. The topological polar surface area (TPSA) is 63.3 Å². The van der Waals surface area contributed by atoms with Gasteiger partial charge in [-0.1, -0.05) is 54.1 Å². The Hall–Kier alpha value is -1.84. The summed E-state index contributed by atoms with van der Waals surface area (Å²) < 4.78 is 0. The predicted octanol–water partition coefficient (Wildman–Crippen LogP) is 3.47. The molecule has 0 bridgehead atoms. The van der Waals surface area contributed by atoms with Crippen molar-refractivity contribution in [2.24, 2.45) is 5.73 Å². The minimum atomic E-state index is -1.36. The zero-order valence-corrected chi connectivity index (χ0v) is 12.5. The molecule has 2 aromatic rings. The Morgan fingerprint density at radius 3 is 2.29 bits per heavy atom. The Morgan fingerprint density at radius 2 is 1.76 bits per heavy atom. The third-order valence-corrected chi connectivity index (χ3v) is 3.99. The van der Waals surface area contributed by atoms with E-state index in [4.69, 9.17) is 17.3 Å². The highest BCUT2D eigenvalue weighted by molar-refractivity contribution is 6.30. The number of aliphatic carboxylic acids is 1. The van der Waals surface area contributed by atoms with Gasteiger partial charge in [-0.25, -0.2) is 0 Å². The molecule has 2 aromatic carbocycles. The van der Waals surface area contributed by atoms with Crippen LogP contribution in [0.15, 0.2) is 54.6 Å². The van der Waals surface area contributed by atoms with Gasteiger partial charge < -0.3 is 10.8 Å². The number of carboxylic acids is 1. The maximum atomic E-state index is 11.5. The second kappa shape index (κ2) is 6.29. The van der Waals surface area contributed by atoms with Crippen molar-refractivity contribution in [1.29, 1.82) is 0 Å². The van der Waals surface area contributed by atoms with Crippen LogP contribution in [-0.2, 0) is 11.2 Å². The van der Waals surface area contributed by atoms with Gasteiger partial charge >= 0.3 is 5.97 Å². The normalized spacial score (nSPS) is 15.2. The van der Waals surface area contributed by atoms with Gasteiger partial charge in [-0.05, 0) is 36.6 Å². The standard InChI is InChI=1S/C17H18ClNO2/c1-17(19,16(20)21)15(11-12-5-3-2-4-6-12)13-7-9-14(18)10-8-13/h2-10,15H,11,19H2,1H3,(H,20,21). The van der Waals surface area contributed by atoms with Crippen molar-refractivity contribution < 1.29 is 9.90 Å². The first-order valence-electron chi connectivity index (χ1n) is 6.73. The molecule has 0 heterocycles. The quantitative estimate of drug-likeness (QED) is 0.889. The molecule has 0 spiro atoms. The fourth-order valence-electron chi connectivity index (χ4n) is 2.37. The highest BCUT2D eigenvalue weighted by Gasteiger charge is 2.38. The first-order valence-corrected chi connectivity index (χ1v) is 7.10. The minimum Gasteiger partial charge on any atom is -0.480 e. The molecule has 3 nitrogen and oxygen atoms in total. The summed E-state index contributed by atoms with van der Waals surface area (Å²) in [5.74, 6) is -1.35. The van der Waals surface area contributed by atoms with E-state index >= 15 is 0 Å². The highest BCUT2D eigenvalue weighted by Crippen LogP contribution is 2.31. The molecule has 0 aliphatic heterocycles. The van der Waals surface area contributed by atoms with Gasteiger partial charge in [-0.15, -0.1) is 0 Å². The molecule has 110 valence electrons. The summed E-state index contributed by atoms with van der Waals surface area (Å²) in [5.41, 5.74) is 6.65. The molecule has 4 heteroatoms. The lowest BCUT2D eigenvalue weighted by atomic mass is 9.77. The molecule has 0 aliphatic carbocycles. The van der Waals surface area contributed by atoms with Crippen LogP contribution in [0.4, 0.5) is 0 Å². The number of carbonyl (C=O) groups is 1. The third-order valence-electron chi connectivity index (χ3n) is 3.74. The first-order chi connectivity index (χ1) is 9.91. The highest BCUT2D eigenvalue weighted by atomic mass is 35.5. The van der Waals surface area contributed by atoms with Gasteiger partial charge in [0.2, 0.25) is 0 Å². The molecule has 2 atom stereocenters. The molecule has 0 saturated heterocycles. The van der Waals surface area contributed by atoms with E-state index in [0.29, 0.717) is 11.4 Å². The summed E-state index contributed by atoms with van der Waals surface area (Å²) in [4.78, 5) is 11.5. The van der Waals surface area contributed by atoms with Gasteiger partial charge in [-0.3, -0.25) is 4.79 Å². The number of halogens is 1. The maximum absolute atomic E-state index is 11.5. The molecule has 2 unspecified atom stereocenters. The Morgan fingerprint density at radius 1 is 1.19 bits per heavy atom. The Kier molecular flexibility index (Phi) is 4.66. The van der Waals surface area contributed by atoms with Crippen LogP contribution in [0.2, 0.25) is 5.02 Å². The van der Waals surface area contributed by atoms with Crippen molar-refractivity contribution >= 4 is 17.6 Å². The molecule has 21 heavy (non-hydrogen) atoms. The lowest BCUT2D eigenvalue weighted by molar-refractivity contribution is -0.143. The van der Waals surface area contributed by atoms with Gasteiger partial charge in [0, 0.05) is 10.9 Å². The van der Waals surface area contributed by atoms with Crippen molar-refractivity contribution in [3.63, 3.8) is 0 Å².